The lowest BCUT2D eigenvalue weighted by Gasteiger charge is -2.20. The van der Waals surface area contributed by atoms with Crippen LogP contribution in [0.3, 0.4) is 0 Å². The standard InChI is InChI=1S/C11H19NO/c1-8(2)9-6-7-10(12(9)5)11(3,4)13/h6-8,13H,1-5H3. The summed E-state index contributed by atoms with van der Waals surface area (Å²) in [6, 6.07) is 4.08. The van der Waals surface area contributed by atoms with Gasteiger partial charge in [-0.25, -0.2) is 0 Å². The van der Waals surface area contributed by atoms with Crippen molar-refractivity contribution in [1.82, 2.24) is 4.57 Å². The first-order chi connectivity index (χ1) is 5.84. The Balaban J connectivity index is 3.14. The maximum absolute atomic E-state index is 9.84. The van der Waals surface area contributed by atoms with Crippen molar-refractivity contribution in [2.75, 3.05) is 0 Å². The molecule has 2 heteroatoms. The van der Waals surface area contributed by atoms with Crippen LogP contribution in [0, 0.1) is 0 Å². The average molecular weight is 181 g/mol. The third-order valence-electron chi connectivity index (χ3n) is 2.38. The van der Waals surface area contributed by atoms with Gasteiger partial charge >= 0.3 is 0 Å². The smallest absolute Gasteiger partial charge is 0.0989 e. The molecular formula is C11H19NO. The van der Waals surface area contributed by atoms with Crippen molar-refractivity contribution in [3.8, 4) is 0 Å². The molecule has 0 radical (unpaired) electrons. The average Bonchev–Trinajstić information content (AvgIpc) is 2.28. The lowest BCUT2D eigenvalue weighted by atomic mass is 10.1. The zero-order valence-electron chi connectivity index (χ0n) is 9.13. The first-order valence-electron chi connectivity index (χ1n) is 4.72. The normalized spacial score (nSPS) is 12.5. The molecule has 1 aromatic heterocycles. The molecule has 2 nitrogen and oxygen atoms in total. The summed E-state index contributed by atoms with van der Waals surface area (Å²) >= 11 is 0. The molecule has 0 spiro atoms. The van der Waals surface area contributed by atoms with Crippen LogP contribution in [0.15, 0.2) is 12.1 Å². The van der Waals surface area contributed by atoms with E-state index in [-0.39, 0.29) is 0 Å². The van der Waals surface area contributed by atoms with Crippen LogP contribution < -0.4 is 0 Å². The molecule has 0 bridgehead atoms. The highest BCUT2D eigenvalue weighted by molar-refractivity contribution is 5.22. The molecule has 0 aromatic carbocycles. The van der Waals surface area contributed by atoms with Crippen molar-refractivity contribution in [1.29, 1.82) is 0 Å². The van der Waals surface area contributed by atoms with Gasteiger partial charge in [0.2, 0.25) is 0 Å². The third kappa shape index (κ3) is 1.94. The number of aromatic nitrogens is 1. The van der Waals surface area contributed by atoms with Crippen molar-refractivity contribution in [2.24, 2.45) is 7.05 Å². The van der Waals surface area contributed by atoms with Crippen molar-refractivity contribution in [3.05, 3.63) is 23.5 Å². The second-order valence-electron chi connectivity index (χ2n) is 4.42. The topological polar surface area (TPSA) is 25.2 Å². The van der Waals surface area contributed by atoms with Gasteiger partial charge in [0.05, 0.1) is 5.60 Å². The third-order valence-corrected chi connectivity index (χ3v) is 2.38. The van der Waals surface area contributed by atoms with Gasteiger partial charge in [0.15, 0.2) is 0 Å². The molecule has 0 aliphatic heterocycles. The Morgan fingerprint density at radius 3 is 2.08 bits per heavy atom. The predicted molar refractivity (Wildman–Crippen MR) is 54.7 cm³/mol. The minimum Gasteiger partial charge on any atom is -0.384 e. The molecule has 0 aliphatic rings. The van der Waals surface area contributed by atoms with Gasteiger partial charge in [-0.2, -0.15) is 0 Å². The van der Waals surface area contributed by atoms with Crippen molar-refractivity contribution >= 4 is 0 Å². The van der Waals surface area contributed by atoms with Crippen LogP contribution in [0.1, 0.15) is 45.0 Å². The van der Waals surface area contributed by atoms with E-state index >= 15 is 0 Å². The molecule has 1 aromatic rings. The molecular weight excluding hydrogens is 162 g/mol. The minimum absolute atomic E-state index is 0.501. The van der Waals surface area contributed by atoms with E-state index in [1.165, 1.54) is 5.69 Å². The van der Waals surface area contributed by atoms with Crippen LogP contribution in [-0.2, 0) is 12.6 Å². The van der Waals surface area contributed by atoms with Crippen molar-refractivity contribution < 1.29 is 5.11 Å². The summed E-state index contributed by atoms with van der Waals surface area (Å²) in [6.07, 6.45) is 0. The van der Waals surface area contributed by atoms with Gasteiger partial charge in [0, 0.05) is 18.4 Å². The molecule has 13 heavy (non-hydrogen) atoms. The summed E-state index contributed by atoms with van der Waals surface area (Å²) in [5, 5.41) is 9.84. The quantitative estimate of drug-likeness (QED) is 0.744. The van der Waals surface area contributed by atoms with Gasteiger partial charge in [-0.05, 0) is 31.9 Å². The minimum atomic E-state index is -0.748. The van der Waals surface area contributed by atoms with E-state index in [4.69, 9.17) is 0 Å². The predicted octanol–water partition coefficient (Wildman–Crippen LogP) is 2.38. The fourth-order valence-electron chi connectivity index (χ4n) is 1.72. The Hall–Kier alpha value is -0.760. The summed E-state index contributed by atoms with van der Waals surface area (Å²) in [5.74, 6) is 0.501. The second kappa shape index (κ2) is 3.18. The van der Waals surface area contributed by atoms with Crippen LogP contribution >= 0.6 is 0 Å². The van der Waals surface area contributed by atoms with Crippen LogP contribution in [0.25, 0.3) is 0 Å². The number of nitrogens with zero attached hydrogens (tertiary/aromatic N) is 1. The summed E-state index contributed by atoms with van der Waals surface area (Å²) in [7, 11) is 2.00. The Morgan fingerprint density at radius 2 is 1.85 bits per heavy atom. The van der Waals surface area contributed by atoms with E-state index in [1.54, 1.807) is 0 Å². The van der Waals surface area contributed by atoms with Crippen molar-refractivity contribution in [3.63, 3.8) is 0 Å². The molecule has 1 heterocycles. The highest BCUT2D eigenvalue weighted by Crippen LogP contribution is 2.24. The van der Waals surface area contributed by atoms with Gasteiger partial charge in [0.25, 0.3) is 0 Å². The van der Waals surface area contributed by atoms with Gasteiger partial charge in [-0.1, -0.05) is 13.8 Å². The van der Waals surface area contributed by atoms with Crippen LogP contribution in [0.2, 0.25) is 0 Å². The molecule has 1 rings (SSSR count). The molecule has 0 saturated heterocycles. The highest BCUT2D eigenvalue weighted by atomic mass is 16.3. The summed E-state index contributed by atoms with van der Waals surface area (Å²) < 4.78 is 2.07. The zero-order chi connectivity index (χ0) is 10.2. The Morgan fingerprint density at radius 1 is 1.31 bits per heavy atom. The lowest BCUT2D eigenvalue weighted by molar-refractivity contribution is 0.0705. The lowest BCUT2D eigenvalue weighted by Crippen LogP contribution is -2.20. The second-order valence-corrected chi connectivity index (χ2v) is 4.42. The first kappa shape index (κ1) is 10.3. The summed E-state index contributed by atoms with van der Waals surface area (Å²) in [4.78, 5) is 0. The monoisotopic (exact) mass is 181 g/mol. The van der Waals surface area contributed by atoms with Gasteiger partial charge in [0.1, 0.15) is 0 Å². The number of rotatable bonds is 2. The fourth-order valence-corrected chi connectivity index (χ4v) is 1.72. The summed E-state index contributed by atoms with van der Waals surface area (Å²) in [6.45, 7) is 7.94. The van der Waals surface area contributed by atoms with Gasteiger partial charge in [-0.3, -0.25) is 0 Å². The van der Waals surface area contributed by atoms with E-state index in [0.717, 1.165) is 5.69 Å². The van der Waals surface area contributed by atoms with E-state index in [9.17, 15) is 5.11 Å². The Labute approximate surface area is 80.2 Å². The van der Waals surface area contributed by atoms with Crippen LogP contribution in [0.5, 0.6) is 0 Å². The molecule has 0 fully saturated rings. The van der Waals surface area contributed by atoms with E-state index in [2.05, 4.69) is 24.5 Å². The fraction of sp³-hybridized carbons (Fsp3) is 0.636. The summed E-state index contributed by atoms with van der Waals surface area (Å²) in [5.41, 5.74) is 1.48. The Bertz CT molecular complexity index is 292. The molecule has 0 aliphatic carbocycles. The highest BCUT2D eigenvalue weighted by Gasteiger charge is 2.21. The Kier molecular flexibility index (Phi) is 2.53. The molecule has 0 amide bonds. The molecule has 1 N–H and O–H groups in total. The van der Waals surface area contributed by atoms with E-state index in [1.807, 2.05) is 27.0 Å². The number of aliphatic hydroxyl groups is 1. The van der Waals surface area contributed by atoms with Crippen LogP contribution in [0.4, 0.5) is 0 Å². The van der Waals surface area contributed by atoms with Gasteiger partial charge < -0.3 is 9.67 Å². The molecule has 74 valence electrons. The van der Waals surface area contributed by atoms with Crippen LogP contribution in [-0.4, -0.2) is 9.67 Å². The molecule has 0 unspecified atom stereocenters. The maximum atomic E-state index is 9.84. The first-order valence-corrected chi connectivity index (χ1v) is 4.72. The zero-order valence-corrected chi connectivity index (χ0v) is 9.13. The SMILES string of the molecule is CC(C)c1ccc(C(C)(C)O)n1C. The van der Waals surface area contributed by atoms with Gasteiger partial charge in [-0.15, -0.1) is 0 Å². The van der Waals surface area contributed by atoms with E-state index in [0.29, 0.717) is 5.92 Å². The number of hydrogen-bond acceptors (Lipinski definition) is 1. The maximum Gasteiger partial charge on any atom is 0.0989 e. The van der Waals surface area contributed by atoms with Crippen molar-refractivity contribution in [2.45, 2.75) is 39.2 Å². The molecule has 0 atom stereocenters. The number of hydrogen-bond donors (Lipinski definition) is 1. The molecule has 0 saturated carbocycles. The largest absolute Gasteiger partial charge is 0.384 e. The van der Waals surface area contributed by atoms with E-state index < -0.39 is 5.60 Å².